The van der Waals surface area contributed by atoms with Crippen LogP contribution in [0.4, 0.5) is 5.69 Å². The van der Waals surface area contributed by atoms with Crippen LogP contribution in [0.15, 0.2) is 29.8 Å². The molecule has 0 spiro atoms. The van der Waals surface area contributed by atoms with Crippen molar-refractivity contribution in [1.82, 2.24) is 0 Å². The normalized spacial score (nSPS) is 14.7. The summed E-state index contributed by atoms with van der Waals surface area (Å²) in [6.45, 7) is 0. The zero-order valence-corrected chi connectivity index (χ0v) is 9.32. The molecule has 0 aliphatic heterocycles. The van der Waals surface area contributed by atoms with E-state index in [1.54, 1.807) is 18.2 Å². The fraction of sp³-hybridized carbons (Fsp3) is 0.308. The molecule has 84 valence electrons. The summed E-state index contributed by atoms with van der Waals surface area (Å²) in [5.41, 5.74) is 7.72. The van der Waals surface area contributed by atoms with E-state index in [9.17, 15) is 4.79 Å². The minimum atomic E-state index is 0.0432. The van der Waals surface area contributed by atoms with Crippen molar-refractivity contribution in [2.75, 3.05) is 12.8 Å². The van der Waals surface area contributed by atoms with Gasteiger partial charge in [-0.15, -0.1) is 0 Å². The number of allylic oxidation sites excluding steroid dienone is 2. The highest BCUT2D eigenvalue weighted by Gasteiger charge is 2.19. The summed E-state index contributed by atoms with van der Waals surface area (Å²) in [4.78, 5) is 12.2. The second-order valence-electron chi connectivity index (χ2n) is 3.88. The predicted octanol–water partition coefficient (Wildman–Crippen LogP) is 2.57. The Kier molecular flexibility index (Phi) is 2.95. The molecule has 0 saturated heterocycles. The first-order valence-electron chi connectivity index (χ1n) is 5.40. The average molecular weight is 217 g/mol. The van der Waals surface area contributed by atoms with Crippen LogP contribution in [0, 0.1) is 0 Å². The number of ether oxygens (including phenoxy) is 1. The van der Waals surface area contributed by atoms with E-state index in [0.29, 0.717) is 17.0 Å². The number of nitrogen functional groups attached to an aromatic ring is 1. The van der Waals surface area contributed by atoms with Crippen molar-refractivity contribution in [2.45, 2.75) is 19.3 Å². The Morgan fingerprint density at radius 3 is 2.88 bits per heavy atom. The summed E-state index contributed by atoms with van der Waals surface area (Å²) >= 11 is 0. The van der Waals surface area contributed by atoms with Gasteiger partial charge in [0.05, 0.1) is 18.4 Å². The van der Waals surface area contributed by atoms with Crippen LogP contribution in [-0.2, 0) is 0 Å². The van der Waals surface area contributed by atoms with E-state index >= 15 is 0 Å². The number of nitrogens with two attached hydrogens (primary N) is 1. The number of para-hydroxylation sites is 1. The highest BCUT2D eigenvalue weighted by atomic mass is 16.5. The SMILES string of the molecule is COc1c(N)cccc1C(=O)C1=CCCC1. The van der Waals surface area contributed by atoms with Crippen LogP contribution >= 0.6 is 0 Å². The van der Waals surface area contributed by atoms with Crippen molar-refractivity contribution in [3.63, 3.8) is 0 Å². The van der Waals surface area contributed by atoms with Crippen LogP contribution in [0.5, 0.6) is 5.75 Å². The lowest BCUT2D eigenvalue weighted by Crippen LogP contribution is -2.06. The third-order valence-corrected chi connectivity index (χ3v) is 2.83. The largest absolute Gasteiger partial charge is 0.494 e. The summed E-state index contributed by atoms with van der Waals surface area (Å²) in [5.74, 6) is 0.530. The molecule has 0 fully saturated rings. The first-order valence-corrected chi connectivity index (χ1v) is 5.40. The number of rotatable bonds is 3. The van der Waals surface area contributed by atoms with Crippen molar-refractivity contribution in [3.05, 3.63) is 35.4 Å². The van der Waals surface area contributed by atoms with Gasteiger partial charge < -0.3 is 10.5 Å². The molecule has 1 aliphatic rings. The molecule has 1 aromatic carbocycles. The summed E-state index contributed by atoms with van der Waals surface area (Å²) in [5, 5.41) is 0. The quantitative estimate of drug-likeness (QED) is 0.625. The summed E-state index contributed by atoms with van der Waals surface area (Å²) < 4.78 is 5.18. The Hall–Kier alpha value is -1.77. The lowest BCUT2D eigenvalue weighted by atomic mass is 10.0. The van der Waals surface area contributed by atoms with Gasteiger partial charge in [-0.1, -0.05) is 12.1 Å². The molecule has 16 heavy (non-hydrogen) atoms. The lowest BCUT2D eigenvalue weighted by Gasteiger charge is -2.10. The number of methoxy groups -OCH3 is 1. The van der Waals surface area contributed by atoms with E-state index in [2.05, 4.69) is 0 Å². The van der Waals surface area contributed by atoms with Crippen LogP contribution < -0.4 is 10.5 Å². The molecular weight excluding hydrogens is 202 g/mol. The Morgan fingerprint density at radius 2 is 2.25 bits per heavy atom. The zero-order valence-electron chi connectivity index (χ0n) is 9.32. The molecule has 3 nitrogen and oxygen atoms in total. The number of anilines is 1. The Labute approximate surface area is 94.9 Å². The maximum atomic E-state index is 12.2. The third-order valence-electron chi connectivity index (χ3n) is 2.83. The van der Waals surface area contributed by atoms with Crippen molar-refractivity contribution < 1.29 is 9.53 Å². The monoisotopic (exact) mass is 217 g/mol. The van der Waals surface area contributed by atoms with Crippen molar-refractivity contribution >= 4 is 11.5 Å². The van der Waals surface area contributed by atoms with Gasteiger partial charge in [0.15, 0.2) is 11.5 Å². The van der Waals surface area contributed by atoms with Crippen molar-refractivity contribution in [2.24, 2.45) is 0 Å². The maximum Gasteiger partial charge on any atom is 0.192 e. The van der Waals surface area contributed by atoms with Crippen LogP contribution in [0.25, 0.3) is 0 Å². The molecule has 0 aromatic heterocycles. The standard InChI is InChI=1S/C13H15NO2/c1-16-13-10(7-4-8-11(13)14)12(15)9-5-2-3-6-9/h4-5,7-8H,2-3,6,14H2,1H3. The molecule has 0 radical (unpaired) electrons. The smallest absolute Gasteiger partial charge is 0.192 e. The van der Waals surface area contributed by atoms with Gasteiger partial charge in [0.25, 0.3) is 0 Å². The third kappa shape index (κ3) is 1.81. The van der Waals surface area contributed by atoms with E-state index in [0.717, 1.165) is 24.8 Å². The van der Waals surface area contributed by atoms with Gasteiger partial charge in [0.2, 0.25) is 0 Å². The molecule has 3 heteroatoms. The summed E-state index contributed by atoms with van der Waals surface area (Å²) in [6, 6.07) is 5.27. The van der Waals surface area contributed by atoms with Crippen LogP contribution in [0.1, 0.15) is 29.6 Å². The van der Waals surface area contributed by atoms with E-state index in [4.69, 9.17) is 10.5 Å². The van der Waals surface area contributed by atoms with Gasteiger partial charge in [0.1, 0.15) is 0 Å². The predicted molar refractivity (Wildman–Crippen MR) is 63.7 cm³/mol. The van der Waals surface area contributed by atoms with Gasteiger partial charge in [-0.05, 0) is 37.0 Å². The van der Waals surface area contributed by atoms with Crippen molar-refractivity contribution in [1.29, 1.82) is 0 Å². The molecule has 0 saturated carbocycles. The number of hydrogen-bond donors (Lipinski definition) is 1. The topological polar surface area (TPSA) is 52.3 Å². The minimum absolute atomic E-state index is 0.0432. The molecule has 0 atom stereocenters. The van der Waals surface area contributed by atoms with Gasteiger partial charge in [-0.2, -0.15) is 0 Å². The first kappa shape index (κ1) is 10.7. The zero-order chi connectivity index (χ0) is 11.5. The first-order chi connectivity index (χ1) is 7.74. The Bertz CT molecular complexity index is 449. The number of carbonyl (C=O) groups is 1. The molecule has 0 amide bonds. The van der Waals surface area contributed by atoms with E-state index < -0.39 is 0 Å². The Morgan fingerprint density at radius 1 is 1.44 bits per heavy atom. The molecule has 0 heterocycles. The molecule has 0 bridgehead atoms. The molecule has 2 rings (SSSR count). The van der Waals surface area contributed by atoms with Crippen LogP contribution in [0.2, 0.25) is 0 Å². The minimum Gasteiger partial charge on any atom is -0.494 e. The highest BCUT2D eigenvalue weighted by Crippen LogP contribution is 2.30. The van der Waals surface area contributed by atoms with Gasteiger partial charge in [0, 0.05) is 0 Å². The van der Waals surface area contributed by atoms with Gasteiger partial charge in [-0.3, -0.25) is 4.79 Å². The molecule has 0 unspecified atom stereocenters. The lowest BCUT2D eigenvalue weighted by molar-refractivity contribution is 0.102. The number of carbonyl (C=O) groups excluding carboxylic acids is 1. The number of benzene rings is 1. The second-order valence-corrected chi connectivity index (χ2v) is 3.88. The van der Waals surface area contributed by atoms with Gasteiger partial charge >= 0.3 is 0 Å². The fourth-order valence-electron chi connectivity index (χ4n) is 2.01. The number of hydrogen-bond acceptors (Lipinski definition) is 3. The molecule has 1 aromatic rings. The van der Waals surface area contributed by atoms with Crippen LogP contribution in [0.3, 0.4) is 0 Å². The molecular formula is C13H15NO2. The van der Waals surface area contributed by atoms with E-state index in [-0.39, 0.29) is 5.78 Å². The average Bonchev–Trinajstić information content (AvgIpc) is 2.81. The Balaban J connectivity index is 2.39. The highest BCUT2D eigenvalue weighted by molar-refractivity contribution is 6.11. The number of Topliss-reactive ketones (excluding diaryl/α,β-unsaturated/α-hetero) is 1. The summed E-state index contributed by atoms with van der Waals surface area (Å²) in [7, 11) is 1.53. The van der Waals surface area contributed by atoms with E-state index in [1.807, 2.05) is 6.08 Å². The second kappa shape index (κ2) is 4.39. The summed E-state index contributed by atoms with van der Waals surface area (Å²) in [6.07, 6.45) is 4.92. The van der Waals surface area contributed by atoms with E-state index in [1.165, 1.54) is 7.11 Å². The maximum absolute atomic E-state index is 12.2. The van der Waals surface area contributed by atoms with Gasteiger partial charge in [-0.25, -0.2) is 0 Å². The molecule has 2 N–H and O–H groups in total. The van der Waals surface area contributed by atoms with Crippen LogP contribution in [-0.4, -0.2) is 12.9 Å². The fourth-order valence-corrected chi connectivity index (χ4v) is 2.01. The molecule has 1 aliphatic carbocycles. The van der Waals surface area contributed by atoms with Crippen molar-refractivity contribution in [3.8, 4) is 5.75 Å². The number of ketones is 1.